The highest BCUT2D eigenvalue weighted by Crippen LogP contribution is 2.66. The summed E-state index contributed by atoms with van der Waals surface area (Å²) in [6.07, 6.45) is 9.02. The summed E-state index contributed by atoms with van der Waals surface area (Å²) in [7, 11) is 0. The fourth-order valence-corrected chi connectivity index (χ4v) is 3.72. The van der Waals surface area contributed by atoms with Crippen LogP contribution in [0.25, 0.3) is 0 Å². The van der Waals surface area contributed by atoms with Crippen molar-refractivity contribution in [3.63, 3.8) is 0 Å². The summed E-state index contributed by atoms with van der Waals surface area (Å²) in [6.45, 7) is 9.79. The van der Waals surface area contributed by atoms with Crippen LogP contribution in [0.3, 0.4) is 0 Å². The zero-order valence-electron chi connectivity index (χ0n) is 10.4. The monoisotopic (exact) mass is 194 g/mol. The van der Waals surface area contributed by atoms with Gasteiger partial charge in [0.1, 0.15) is 0 Å². The SMILES string of the molecule is CC1CCC(C2(C(C)(C)C)CC2)CC1. The van der Waals surface area contributed by atoms with Crippen molar-refractivity contribution in [1.29, 1.82) is 0 Å². The molecule has 0 radical (unpaired) electrons. The second-order valence-electron chi connectivity index (χ2n) is 6.86. The highest BCUT2D eigenvalue weighted by molar-refractivity contribution is 5.06. The van der Waals surface area contributed by atoms with Crippen LogP contribution < -0.4 is 0 Å². The largest absolute Gasteiger partial charge is 0.0625 e. The van der Waals surface area contributed by atoms with Crippen LogP contribution in [0.1, 0.15) is 66.2 Å². The Morgan fingerprint density at radius 1 is 0.929 bits per heavy atom. The molecule has 2 aliphatic rings. The molecule has 0 atom stereocenters. The van der Waals surface area contributed by atoms with E-state index in [9.17, 15) is 0 Å². The van der Waals surface area contributed by atoms with E-state index in [4.69, 9.17) is 0 Å². The molecule has 0 heterocycles. The number of hydrogen-bond donors (Lipinski definition) is 0. The highest BCUT2D eigenvalue weighted by atomic mass is 14.6. The first-order valence-electron chi connectivity index (χ1n) is 6.46. The molecule has 0 aromatic heterocycles. The predicted molar refractivity (Wildman–Crippen MR) is 62.2 cm³/mol. The van der Waals surface area contributed by atoms with E-state index in [1.165, 1.54) is 38.5 Å². The van der Waals surface area contributed by atoms with Crippen LogP contribution >= 0.6 is 0 Å². The van der Waals surface area contributed by atoms with E-state index < -0.39 is 0 Å². The summed E-state index contributed by atoms with van der Waals surface area (Å²) in [4.78, 5) is 0. The van der Waals surface area contributed by atoms with Gasteiger partial charge < -0.3 is 0 Å². The van der Waals surface area contributed by atoms with E-state index in [-0.39, 0.29) is 0 Å². The summed E-state index contributed by atoms with van der Waals surface area (Å²) < 4.78 is 0. The average Bonchev–Trinajstić information content (AvgIpc) is 2.84. The summed E-state index contributed by atoms with van der Waals surface area (Å²) in [5.41, 5.74) is 1.30. The average molecular weight is 194 g/mol. The van der Waals surface area contributed by atoms with Crippen LogP contribution in [0.4, 0.5) is 0 Å². The van der Waals surface area contributed by atoms with Crippen molar-refractivity contribution in [3.8, 4) is 0 Å². The van der Waals surface area contributed by atoms with Gasteiger partial charge in [0, 0.05) is 0 Å². The van der Waals surface area contributed by atoms with Gasteiger partial charge in [0.05, 0.1) is 0 Å². The lowest BCUT2D eigenvalue weighted by Crippen LogP contribution is -2.32. The third kappa shape index (κ3) is 1.61. The minimum Gasteiger partial charge on any atom is -0.0625 e. The van der Waals surface area contributed by atoms with Gasteiger partial charge >= 0.3 is 0 Å². The molecule has 0 amide bonds. The molecule has 0 heteroatoms. The van der Waals surface area contributed by atoms with E-state index in [1.807, 2.05) is 0 Å². The lowest BCUT2D eigenvalue weighted by atomic mass is 9.64. The van der Waals surface area contributed by atoms with Gasteiger partial charge in [0.25, 0.3) is 0 Å². The second-order valence-corrected chi connectivity index (χ2v) is 6.86. The predicted octanol–water partition coefficient (Wildman–Crippen LogP) is 4.64. The molecular formula is C14H26. The quantitative estimate of drug-likeness (QED) is 0.570. The Kier molecular flexibility index (Phi) is 2.44. The van der Waals surface area contributed by atoms with Crippen LogP contribution in [0.5, 0.6) is 0 Å². The normalized spacial score (nSPS) is 36.9. The van der Waals surface area contributed by atoms with Crippen molar-refractivity contribution in [2.75, 3.05) is 0 Å². The molecule has 0 saturated heterocycles. The molecule has 82 valence electrons. The molecule has 0 N–H and O–H groups in total. The van der Waals surface area contributed by atoms with Crippen LogP contribution in [-0.4, -0.2) is 0 Å². The molecule has 0 spiro atoms. The second kappa shape index (κ2) is 3.25. The Morgan fingerprint density at radius 3 is 1.79 bits per heavy atom. The first kappa shape index (κ1) is 10.5. The van der Waals surface area contributed by atoms with Crippen LogP contribution in [-0.2, 0) is 0 Å². The van der Waals surface area contributed by atoms with Crippen molar-refractivity contribution < 1.29 is 0 Å². The minimum atomic E-state index is 0.554. The maximum Gasteiger partial charge on any atom is -0.0220 e. The van der Waals surface area contributed by atoms with Crippen molar-refractivity contribution >= 4 is 0 Å². The lowest BCUT2D eigenvalue weighted by molar-refractivity contribution is 0.0873. The summed E-state index contributed by atoms with van der Waals surface area (Å²) in [5, 5.41) is 0. The van der Waals surface area contributed by atoms with Crippen molar-refractivity contribution in [3.05, 3.63) is 0 Å². The summed E-state index contributed by atoms with van der Waals surface area (Å²) >= 11 is 0. The third-order valence-electron chi connectivity index (χ3n) is 5.08. The maximum absolute atomic E-state index is 2.46. The summed E-state index contributed by atoms with van der Waals surface area (Å²) in [5.74, 6) is 2.06. The molecule has 2 aliphatic carbocycles. The Bertz CT molecular complexity index is 197. The Balaban J connectivity index is 2.02. The minimum absolute atomic E-state index is 0.554. The third-order valence-corrected chi connectivity index (χ3v) is 5.08. The zero-order chi connectivity index (χ0) is 10.4. The van der Waals surface area contributed by atoms with Crippen LogP contribution in [0, 0.1) is 22.7 Å². The van der Waals surface area contributed by atoms with Gasteiger partial charge in [0.15, 0.2) is 0 Å². The van der Waals surface area contributed by atoms with E-state index in [0.29, 0.717) is 5.41 Å². The van der Waals surface area contributed by atoms with E-state index in [0.717, 1.165) is 17.3 Å². The van der Waals surface area contributed by atoms with Crippen LogP contribution in [0.2, 0.25) is 0 Å². The molecule has 2 rings (SSSR count). The van der Waals surface area contributed by atoms with Gasteiger partial charge in [-0.2, -0.15) is 0 Å². The van der Waals surface area contributed by atoms with Gasteiger partial charge in [-0.3, -0.25) is 0 Å². The van der Waals surface area contributed by atoms with Gasteiger partial charge in [0.2, 0.25) is 0 Å². The van der Waals surface area contributed by atoms with Crippen molar-refractivity contribution in [1.82, 2.24) is 0 Å². The molecule has 0 aromatic rings. The fraction of sp³-hybridized carbons (Fsp3) is 1.00. The van der Waals surface area contributed by atoms with E-state index in [1.54, 1.807) is 0 Å². The molecular weight excluding hydrogens is 168 g/mol. The van der Waals surface area contributed by atoms with Gasteiger partial charge in [-0.25, -0.2) is 0 Å². The lowest BCUT2D eigenvalue weighted by Gasteiger charge is -2.41. The molecule has 0 unspecified atom stereocenters. The first-order valence-corrected chi connectivity index (χ1v) is 6.46. The smallest absolute Gasteiger partial charge is 0.0220 e. The molecule has 0 aromatic carbocycles. The Morgan fingerprint density at radius 2 is 1.43 bits per heavy atom. The highest BCUT2D eigenvalue weighted by Gasteiger charge is 2.56. The van der Waals surface area contributed by atoms with E-state index in [2.05, 4.69) is 27.7 Å². The molecule has 2 saturated carbocycles. The number of hydrogen-bond acceptors (Lipinski definition) is 0. The molecule has 0 aliphatic heterocycles. The molecule has 0 bridgehead atoms. The van der Waals surface area contributed by atoms with Gasteiger partial charge in [-0.1, -0.05) is 40.5 Å². The Hall–Kier alpha value is 0. The van der Waals surface area contributed by atoms with E-state index >= 15 is 0 Å². The molecule has 2 fully saturated rings. The summed E-state index contributed by atoms with van der Waals surface area (Å²) in [6, 6.07) is 0. The zero-order valence-corrected chi connectivity index (χ0v) is 10.4. The standard InChI is InChI=1S/C14H26/c1-11-5-7-12(8-6-11)14(9-10-14)13(2,3)4/h11-12H,5-10H2,1-4H3. The molecule has 0 nitrogen and oxygen atoms in total. The Labute approximate surface area is 89.5 Å². The topological polar surface area (TPSA) is 0 Å². The van der Waals surface area contributed by atoms with Crippen LogP contribution in [0.15, 0.2) is 0 Å². The fourth-order valence-electron chi connectivity index (χ4n) is 3.72. The van der Waals surface area contributed by atoms with Crippen molar-refractivity contribution in [2.45, 2.75) is 66.2 Å². The van der Waals surface area contributed by atoms with Crippen molar-refractivity contribution in [2.24, 2.45) is 22.7 Å². The van der Waals surface area contributed by atoms with Gasteiger partial charge in [-0.15, -0.1) is 0 Å². The first-order chi connectivity index (χ1) is 6.46. The van der Waals surface area contributed by atoms with Gasteiger partial charge in [-0.05, 0) is 48.3 Å². The number of rotatable bonds is 1. The molecule has 14 heavy (non-hydrogen) atoms. The maximum atomic E-state index is 2.46.